The predicted molar refractivity (Wildman–Crippen MR) is 97.5 cm³/mol. The van der Waals surface area contributed by atoms with E-state index in [1.165, 1.54) is 7.11 Å². The van der Waals surface area contributed by atoms with Crippen LogP contribution in [0.2, 0.25) is 0 Å². The summed E-state index contributed by atoms with van der Waals surface area (Å²) in [6, 6.07) is 0. The molecule has 0 radical (unpaired) electrons. The monoisotopic (exact) mass is 349 g/mol. The number of carbonyl (C=O) groups is 2. The van der Waals surface area contributed by atoms with E-state index in [9.17, 15) is 9.59 Å². The maximum atomic E-state index is 10.6. The minimum Gasteiger partial charge on any atom is -0.388 e. The van der Waals surface area contributed by atoms with Gasteiger partial charge >= 0.3 is 0 Å². The summed E-state index contributed by atoms with van der Waals surface area (Å²) >= 11 is 0. The minimum absolute atomic E-state index is 0.0366. The summed E-state index contributed by atoms with van der Waals surface area (Å²) in [5, 5.41) is 0.792. The molecule has 1 aliphatic rings. The normalized spacial score (nSPS) is 13.5. The highest BCUT2D eigenvalue weighted by atomic mass is 16.7. The van der Waals surface area contributed by atoms with Gasteiger partial charge in [-0.1, -0.05) is 27.7 Å². The summed E-state index contributed by atoms with van der Waals surface area (Å²) in [5.74, 6) is 0.257. The van der Waals surface area contributed by atoms with Crippen molar-refractivity contribution in [2.24, 2.45) is 5.92 Å². The minimum atomic E-state index is -0.248. The van der Waals surface area contributed by atoms with Crippen LogP contribution in [0.15, 0.2) is 0 Å². The summed E-state index contributed by atoms with van der Waals surface area (Å²) in [7, 11) is 4.56. The van der Waals surface area contributed by atoms with Gasteiger partial charge in [-0.15, -0.1) is 0 Å². The van der Waals surface area contributed by atoms with E-state index in [2.05, 4.69) is 44.2 Å². The van der Waals surface area contributed by atoms with Crippen LogP contribution in [0.25, 0.3) is 0 Å². The molecule has 0 N–H and O–H groups in total. The van der Waals surface area contributed by atoms with Gasteiger partial charge in [-0.2, -0.15) is 5.06 Å². The van der Waals surface area contributed by atoms with Crippen molar-refractivity contribution in [3.63, 3.8) is 0 Å². The van der Waals surface area contributed by atoms with Gasteiger partial charge in [0.2, 0.25) is 0 Å². The molecular formula is C18H39NO5. The van der Waals surface area contributed by atoms with E-state index < -0.39 is 0 Å². The Balaban J connectivity index is -0.000000291. The number of rotatable bonds is 4. The van der Waals surface area contributed by atoms with Crippen molar-refractivity contribution < 1.29 is 23.9 Å². The number of nitrogens with zero attached hydrogens (tertiary/aromatic N) is 1. The number of hydroxylamine groups is 2. The van der Waals surface area contributed by atoms with Gasteiger partial charge in [-0.25, -0.2) is 0 Å². The number of hydrogen-bond acceptors (Lipinski definition) is 5. The number of hydrogen-bond donors (Lipinski definition) is 0. The molecule has 1 saturated heterocycles. The fraction of sp³-hybridized carbons (Fsp3) is 0.889. The maximum Gasteiger partial charge on any atom is 0.253 e. The largest absolute Gasteiger partial charge is 0.388 e. The lowest BCUT2D eigenvalue weighted by atomic mass is 10.1. The summed E-state index contributed by atoms with van der Waals surface area (Å²) in [6.07, 6.45) is 1.73. The molecule has 6 heteroatoms. The lowest BCUT2D eigenvalue weighted by Crippen LogP contribution is -2.27. The predicted octanol–water partition coefficient (Wildman–Crippen LogP) is 3.83. The van der Waals surface area contributed by atoms with Crippen LogP contribution in [0, 0.1) is 5.92 Å². The molecule has 0 aromatic heterocycles. The fourth-order valence-electron chi connectivity index (χ4n) is 1.36. The molecule has 0 atom stereocenters. The highest BCUT2D eigenvalue weighted by Crippen LogP contribution is 2.10. The van der Waals surface area contributed by atoms with Crippen molar-refractivity contribution in [3.05, 3.63) is 0 Å². The average Bonchev–Trinajstić information content (AvgIpc) is 2.79. The Labute approximate surface area is 148 Å². The number of carbonyl (C=O) groups excluding carboxylic acids is 2. The molecule has 0 spiro atoms. The SMILES string of the molecule is CC.CC(C)CCOC(C)(C)C.COC.CON1C(=O)CCC1=O. The van der Waals surface area contributed by atoms with E-state index >= 15 is 0 Å². The quantitative estimate of drug-likeness (QED) is 0.722. The van der Waals surface area contributed by atoms with Crippen LogP contribution in [0.3, 0.4) is 0 Å². The van der Waals surface area contributed by atoms with Gasteiger partial charge in [0, 0.05) is 33.7 Å². The second-order valence-electron chi connectivity index (χ2n) is 6.32. The van der Waals surface area contributed by atoms with Crippen LogP contribution >= 0.6 is 0 Å². The lowest BCUT2D eigenvalue weighted by molar-refractivity contribution is -0.179. The first-order valence-electron chi connectivity index (χ1n) is 8.53. The first-order valence-corrected chi connectivity index (χ1v) is 8.53. The molecule has 146 valence electrons. The maximum absolute atomic E-state index is 10.6. The van der Waals surface area contributed by atoms with Gasteiger partial charge in [0.05, 0.1) is 12.7 Å². The third-order valence-corrected chi connectivity index (χ3v) is 2.42. The van der Waals surface area contributed by atoms with Gasteiger partial charge in [-0.05, 0) is 33.1 Å². The smallest absolute Gasteiger partial charge is 0.253 e. The second-order valence-corrected chi connectivity index (χ2v) is 6.32. The van der Waals surface area contributed by atoms with E-state index in [1.54, 1.807) is 14.2 Å². The molecule has 0 aromatic carbocycles. The molecule has 1 heterocycles. The van der Waals surface area contributed by atoms with E-state index in [0.717, 1.165) is 24.0 Å². The van der Waals surface area contributed by atoms with Gasteiger partial charge in [0.1, 0.15) is 0 Å². The molecule has 0 bridgehead atoms. The van der Waals surface area contributed by atoms with Crippen LogP contribution < -0.4 is 0 Å². The molecule has 1 fully saturated rings. The van der Waals surface area contributed by atoms with Crippen molar-refractivity contribution >= 4 is 11.8 Å². The van der Waals surface area contributed by atoms with E-state index in [1.807, 2.05) is 13.8 Å². The van der Waals surface area contributed by atoms with E-state index in [0.29, 0.717) is 0 Å². The number of ether oxygens (including phenoxy) is 2. The Morgan fingerprint density at radius 3 is 1.58 bits per heavy atom. The van der Waals surface area contributed by atoms with Gasteiger partial charge in [-0.3, -0.25) is 14.4 Å². The Bertz CT molecular complexity index is 295. The summed E-state index contributed by atoms with van der Waals surface area (Å²) in [4.78, 5) is 25.7. The van der Waals surface area contributed by atoms with E-state index in [-0.39, 0.29) is 30.3 Å². The zero-order valence-corrected chi connectivity index (χ0v) is 17.4. The molecular weight excluding hydrogens is 310 g/mol. The summed E-state index contributed by atoms with van der Waals surface area (Å²) in [5.41, 5.74) is 0.0366. The molecule has 1 rings (SSSR count). The van der Waals surface area contributed by atoms with Crippen LogP contribution in [-0.4, -0.2) is 50.4 Å². The Hall–Kier alpha value is -0.980. The number of imide groups is 1. The number of methoxy groups -OCH3 is 1. The third-order valence-electron chi connectivity index (χ3n) is 2.42. The molecule has 2 amide bonds. The van der Waals surface area contributed by atoms with Crippen LogP contribution in [0.4, 0.5) is 0 Å². The second kappa shape index (κ2) is 16.9. The van der Waals surface area contributed by atoms with Crippen molar-refractivity contribution in [1.82, 2.24) is 5.06 Å². The topological polar surface area (TPSA) is 65.1 Å². The van der Waals surface area contributed by atoms with Crippen molar-refractivity contribution in [3.8, 4) is 0 Å². The highest BCUT2D eigenvalue weighted by Gasteiger charge is 2.28. The molecule has 0 unspecified atom stereocenters. The Morgan fingerprint density at radius 2 is 1.38 bits per heavy atom. The van der Waals surface area contributed by atoms with Crippen LogP contribution in [-0.2, 0) is 23.9 Å². The zero-order chi connectivity index (χ0) is 19.8. The Morgan fingerprint density at radius 1 is 1.00 bits per heavy atom. The number of amides is 2. The zero-order valence-electron chi connectivity index (χ0n) is 17.4. The van der Waals surface area contributed by atoms with E-state index in [4.69, 9.17) is 4.74 Å². The van der Waals surface area contributed by atoms with Gasteiger partial charge in [0.25, 0.3) is 11.8 Å². The van der Waals surface area contributed by atoms with Gasteiger partial charge in [0.15, 0.2) is 0 Å². The van der Waals surface area contributed by atoms with Crippen LogP contribution in [0.1, 0.15) is 67.7 Å². The Kier molecular flexibility index (Phi) is 19.6. The summed E-state index contributed by atoms with van der Waals surface area (Å²) < 4.78 is 9.79. The van der Waals surface area contributed by atoms with Gasteiger partial charge < -0.3 is 9.47 Å². The highest BCUT2D eigenvalue weighted by molar-refractivity contribution is 6.00. The average molecular weight is 350 g/mol. The molecule has 6 nitrogen and oxygen atoms in total. The molecule has 0 saturated carbocycles. The van der Waals surface area contributed by atoms with Crippen molar-refractivity contribution in [1.29, 1.82) is 0 Å². The first-order chi connectivity index (χ1) is 11.1. The van der Waals surface area contributed by atoms with Crippen LogP contribution in [0.5, 0.6) is 0 Å². The fourth-order valence-corrected chi connectivity index (χ4v) is 1.36. The lowest BCUT2D eigenvalue weighted by Gasteiger charge is -2.19. The standard InChI is InChI=1S/C9H20O.C5H7NO3.C2H6O.C2H6/c1-8(2)6-7-10-9(3,4)5;1-9-6-4(7)2-3-5(6)8;1-3-2;1-2/h8H,6-7H2,1-5H3;2-3H2,1H3;1-2H3;1-2H3. The molecule has 1 aliphatic heterocycles. The third kappa shape index (κ3) is 19.1. The first kappa shape index (κ1) is 27.8. The van der Waals surface area contributed by atoms with Crippen molar-refractivity contribution in [2.75, 3.05) is 27.9 Å². The van der Waals surface area contributed by atoms with Crippen molar-refractivity contribution in [2.45, 2.75) is 73.3 Å². The molecule has 0 aliphatic carbocycles. The summed E-state index contributed by atoms with van der Waals surface area (Å²) in [6.45, 7) is 15.6. The molecule has 24 heavy (non-hydrogen) atoms. The molecule has 0 aromatic rings.